The first kappa shape index (κ1) is 20.0. The lowest BCUT2D eigenvalue weighted by Gasteiger charge is -2.41. The Morgan fingerprint density at radius 1 is 1.31 bits per heavy atom. The third-order valence-electron chi connectivity index (χ3n) is 6.04. The molecule has 1 N–H and O–H groups in total. The Balaban J connectivity index is 1.49. The predicted octanol–water partition coefficient (Wildman–Crippen LogP) is 3.79. The van der Waals surface area contributed by atoms with Gasteiger partial charge in [-0.05, 0) is 44.2 Å². The number of hydrogen-bond donors (Lipinski definition) is 1. The molecule has 1 fully saturated rings. The highest BCUT2D eigenvalue weighted by Gasteiger charge is 2.48. The molecule has 1 aromatic carbocycles. The van der Waals surface area contributed by atoms with Crippen LogP contribution in [0.3, 0.4) is 0 Å². The quantitative estimate of drug-likeness (QED) is 0.833. The standard InChI is InChI=1S/C20H26F3N5O/c1-13-5-3-6-15(18(13)29-2)11-27-8-4-7-14(10-27)16-9-17(20(21,22)23)28-19(26-16)24-12-25-28/h3,5-6,12,14,16-17H,4,7-11H2,1-2H3,(H,24,25,26)/t14-,16+,17-/m1/s1. The number of likely N-dealkylation sites (tertiary alicyclic amines) is 1. The molecule has 0 saturated carbocycles. The second kappa shape index (κ2) is 7.85. The molecule has 0 unspecified atom stereocenters. The molecular formula is C20H26F3N5O. The van der Waals surface area contributed by atoms with Gasteiger partial charge in [-0.3, -0.25) is 4.90 Å². The fraction of sp³-hybridized carbons (Fsp3) is 0.600. The first-order chi connectivity index (χ1) is 13.9. The SMILES string of the molecule is COc1c(C)cccc1CN1CCC[C@@H]([C@@H]2C[C@H](C(F)(F)F)n3ncnc3N2)C1. The van der Waals surface area contributed by atoms with Crippen molar-refractivity contribution < 1.29 is 17.9 Å². The van der Waals surface area contributed by atoms with Crippen molar-refractivity contribution in [2.45, 2.75) is 51.0 Å². The lowest BCUT2D eigenvalue weighted by molar-refractivity contribution is -0.174. The molecular weight excluding hydrogens is 383 g/mol. The number of nitrogens with zero attached hydrogens (tertiary/aromatic N) is 4. The summed E-state index contributed by atoms with van der Waals surface area (Å²) in [7, 11) is 1.67. The van der Waals surface area contributed by atoms with Gasteiger partial charge in [-0.15, -0.1) is 0 Å². The maximum Gasteiger partial charge on any atom is 0.411 e. The summed E-state index contributed by atoms with van der Waals surface area (Å²) in [5.74, 6) is 1.21. The number of anilines is 1. The van der Waals surface area contributed by atoms with E-state index in [0.29, 0.717) is 0 Å². The second-order valence-corrected chi connectivity index (χ2v) is 7.98. The number of ether oxygens (including phenoxy) is 1. The van der Waals surface area contributed by atoms with Gasteiger partial charge in [0.1, 0.15) is 12.1 Å². The fourth-order valence-electron chi connectivity index (χ4n) is 4.66. The number of aryl methyl sites for hydroxylation is 1. The van der Waals surface area contributed by atoms with Gasteiger partial charge in [0.2, 0.25) is 5.95 Å². The zero-order chi connectivity index (χ0) is 20.6. The Morgan fingerprint density at radius 2 is 2.14 bits per heavy atom. The van der Waals surface area contributed by atoms with Gasteiger partial charge in [0.25, 0.3) is 0 Å². The van der Waals surface area contributed by atoms with Gasteiger partial charge in [-0.1, -0.05) is 18.2 Å². The van der Waals surface area contributed by atoms with Gasteiger partial charge in [-0.2, -0.15) is 23.3 Å². The van der Waals surface area contributed by atoms with Crippen molar-refractivity contribution in [2.75, 3.05) is 25.5 Å². The summed E-state index contributed by atoms with van der Waals surface area (Å²) in [5, 5.41) is 6.98. The molecule has 0 bridgehead atoms. The molecule has 1 aromatic heterocycles. The summed E-state index contributed by atoms with van der Waals surface area (Å²) in [6, 6.07) is 4.17. The Bertz CT molecular complexity index is 853. The van der Waals surface area contributed by atoms with E-state index in [2.05, 4.69) is 26.4 Å². The average molecular weight is 409 g/mol. The van der Waals surface area contributed by atoms with Crippen molar-refractivity contribution >= 4 is 5.95 Å². The normalized spacial score (nSPS) is 25.3. The van der Waals surface area contributed by atoms with Crippen molar-refractivity contribution in [3.8, 4) is 5.75 Å². The highest BCUT2D eigenvalue weighted by atomic mass is 19.4. The van der Waals surface area contributed by atoms with Crippen LogP contribution < -0.4 is 10.1 Å². The van der Waals surface area contributed by atoms with Crippen LogP contribution in [-0.2, 0) is 6.54 Å². The number of piperidine rings is 1. The highest BCUT2D eigenvalue weighted by molar-refractivity contribution is 5.40. The fourth-order valence-corrected chi connectivity index (χ4v) is 4.66. The molecule has 3 heterocycles. The predicted molar refractivity (Wildman–Crippen MR) is 103 cm³/mol. The van der Waals surface area contributed by atoms with Crippen LogP contribution in [0.15, 0.2) is 24.5 Å². The Kier molecular flexibility index (Phi) is 5.42. The van der Waals surface area contributed by atoms with E-state index in [1.165, 1.54) is 6.33 Å². The molecule has 29 heavy (non-hydrogen) atoms. The topological polar surface area (TPSA) is 55.2 Å². The highest BCUT2D eigenvalue weighted by Crippen LogP contribution is 2.41. The Labute approximate surface area is 168 Å². The zero-order valence-corrected chi connectivity index (χ0v) is 16.6. The first-order valence-corrected chi connectivity index (χ1v) is 9.94. The second-order valence-electron chi connectivity index (χ2n) is 7.98. The summed E-state index contributed by atoms with van der Waals surface area (Å²) in [4.78, 5) is 6.31. The van der Waals surface area contributed by atoms with Gasteiger partial charge in [0.05, 0.1) is 7.11 Å². The number of fused-ring (bicyclic) bond motifs is 1. The molecule has 0 aliphatic carbocycles. The van der Waals surface area contributed by atoms with Crippen LogP contribution in [0.2, 0.25) is 0 Å². The van der Waals surface area contributed by atoms with Crippen molar-refractivity contribution in [3.63, 3.8) is 0 Å². The van der Waals surface area contributed by atoms with Crippen molar-refractivity contribution in [3.05, 3.63) is 35.7 Å². The molecule has 0 spiro atoms. The number of rotatable bonds is 4. The molecule has 0 amide bonds. The molecule has 2 aliphatic heterocycles. The average Bonchev–Trinajstić information content (AvgIpc) is 3.15. The van der Waals surface area contributed by atoms with Gasteiger partial charge >= 0.3 is 6.18 Å². The minimum absolute atomic E-state index is 0.0217. The van der Waals surface area contributed by atoms with Gasteiger partial charge < -0.3 is 10.1 Å². The van der Waals surface area contributed by atoms with Crippen LogP contribution in [0.1, 0.15) is 36.4 Å². The van der Waals surface area contributed by atoms with Crippen LogP contribution in [0.25, 0.3) is 0 Å². The van der Waals surface area contributed by atoms with E-state index in [9.17, 15) is 13.2 Å². The summed E-state index contributed by atoms with van der Waals surface area (Å²) < 4.78 is 47.3. The van der Waals surface area contributed by atoms with Gasteiger partial charge in [-0.25, -0.2) is 4.68 Å². The molecule has 4 rings (SSSR count). The van der Waals surface area contributed by atoms with E-state index >= 15 is 0 Å². The Morgan fingerprint density at radius 3 is 2.90 bits per heavy atom. The number of halogens is 3. The van der Waals surface area contributed by atoms with Crippen molar-refractivity contribution in [1.29, 1.82) is 0 Å². The number of nitrogens with one attached hydrogen (secondary N) is 1. The zero-order valence-electron chi connectivity index (χ0n) is 16.6. The van der Waals surface area contributed by atoms with Crippen molar-refractivity contribution in [2.24, 2.45) is 5.92 Å². The monoisotopic (exact) mass is 409 g/mol. The van der Waals surface area contributed by atoms with E-state index in [0.717, 1.165) is 54.0 Å². The van der Waals surface area contributed by atoms with Crippen LogP contribution >= 0.6 is 0 Å². The minimum Gasteiger partial charge on any atom is -0.496 e. The largest absolute Gasteiger partial charge is 0.496 e. The number of hydrogen-bond acceptors (Lipinski definition) is 5. The van der Waals surface area contributed by atoms with Gasteiger partial charge in [0.15, 0.2) is 6.04 Å². The van der Waals surface area contributed by atoms with E-state index in [1.807, 2.05) is 19.1 Å². The van der Waals surface area contributed by atoms with E-state index in [4.69, 9.17) is 4.74 Å². The first-order valence-electron chi connectivity index (χ1n) is 9.94. The number of para-hydroxylation sites is 1. The number of alkyl halides is 3. The third kappa shape index (κ3) is 4.05. The van der Waals surface area contributed by atoms with Crippen LogP contribution in [0, 0.1) is 12.8 Å². The van der Waals surface area contributed by atoms with E-state index < -0.39 is 12.2 Å². The Hall–Kier alpha value is -2.29. The molecule has 3 atom stereocenters. The van der Waals surface area contributed by atoms with E-state index in [-0.39, 0.29) is 24.3 Å². The lowest BCUT2D eigenvalue weighted by Crippen LogP contribution is -2.47. The minimum atomic E-state index is -4.34. The van der Waals surface area contributed by atoms with Crippen LogP contribution in [-0.4, -0.2) is 52.1 Å². The summed E-state index contributed by atoms with van der Waals surface area (Å²) >= 11 is 0. The number of methoxy groups -OCH3 is 1. The number of benzene rings is 1. The maximum absolute atomic E-state index is 13.6. The summed E-state index contributed by atoms with van der Waals surface area (Å²) in [6.45, 7) is 4.42. The molecule has 9 heteroatoms. The summed E-state index contributed by atoms with van der Waals surface area (Å²) in [5.41, 5.74) is 2.19. The molecule has 1 saturated heterocycles. The maximum atomic E-state index is 13.6. The molecule has 6 nitrogen and oxygen atoms in total. The van der Waals surface area contributed by atoms with Crippen LogP contribution in [0.5, 0.6) is 5.75 Å². The summed E-state index contributed by atoms with van der Waals surface area (Å²) in [6.07, 6.45) is -1.32. The third-order valence-corrected chi connectivity index (χ3v) is 6.04. The molecule has 2 aromatic rings. The number of aromatic nitrogens is 3. The molecule has 0 radical (unpaired) electrons. The van der Waals surface area contributed by atoms with E-state index in [1.54, 1.807) is 7.11 Å². The smallest absolute Gasteiger partial charge is 0.411 e. The lowest BCUT2D eigenvalue weighted by atomic mass is 9.85. The van der Waals surface area contributed by atoms with Crippen LogP contribution in [0.4, 0.5) is 19.1 Å². The molecule has 158 valence electrons. The van der Waals surface area contributed by atoms with Gasteiger partial charge in [0, 0.05) is 24.7 Å². The van der Waals surface area contributed by atoms with Crippen molar-refractivity contribution in [1.82, 2.24) is 19.7 Å². The molecule has 2 aliphatic rings.